The first-order valence-corrected chi connectivity index (χ1v) is 5.21. The third-order valence-corrected chi connectivity index (χ3v) is 3.03. The fraction of sp³-hybridized carbons (Fsp3) is 0.636. The second kappa shape index (κ2) is 3.54. The first-order chi connectivity index (χ1) is 6.35. The minimum atomic E-state index is 0.594. The van der Waals surface area contributed by atoms with Crippen LogP contribution in [0.5, 0.6) is 0 Å². The van der Waals surface area contributed by atoms with Crippen LogP contribution >= 0.6 is 0 Å². The van der Waals surface area contributed by atoms with Crippen LogP contribution in [0.3, 0.4) is 0 Å². The molecule has 1 N–H and O–H groups in total. The Kier molecular flexibility index (Phi) is 2.40. The highest BCUT2D eigenvalue weighted by molar-refractivity contribution is 5.30. The van der Waals surface area contributed by atoms with Crippen molar-refractivity contribution in [3.63, 3.8) is 0 Å². The average molecular weight is 178 g/mol. The van der Waals surface area contributed by atoms with Crippen LogP contribution in [0.15, 0.2) is 12.4 Å². The summed E-state index contributed by atoms with van der Waals surface area (Å²) in [4.78, 5) is 0. The lowest BCUT2D eigenvalue weighted by Gasteiger charge is -2.21. The zero-order valence-electron chi connectivity index (χ0n) is 8.51. The maximum absolute atomic E-state index is 3.38. The Labute approximate surface area is 79.9 Å². The molecule has 1 aliphatic carbocycles. The zero-order valence-corrected chi connectivity index (χ0v) is 8.51. The van der Waals surface area contributed by atoms with Gasteiger partial charge in [-0.05, 0) is 44.4 Å². The Morgan fingerprint density at radius 2 is 2.38 bits per heavy atom. The van der Waals surface area contributed by atoms with Gasteiger partial charge in [-0.2, -0.15) is 0 Å². The highest BCUT2D eigenvalue weighted by Crippen LogP contribution is 2.29. The molecular formula is C11H18N2. The van der Waals surface area contributed by atoms with Gasteiger partial charge < -0.3 is 9.88 Å². The first kappa shape index (κ1) is 8.82. The molecule has 0 saturated carbocycles. The van der Waals surface area contributed by atoms with E-state index in [1.807, 2.05) is 0 Å². The predicted molar refractivity (Wildman–Crippen MR) is 54.8 cm³/mol. The number of nitrogens with one attached hydrogen (secondary N) is 1. The number of aryl methyl sites for hydroxylation is 2. The van der Waals surface area contributed by atoms with Crippen LogP contribution in [0.2, 0.25) is 0 Å². The molecule has 1 aliphatic rings. The van der Waals surface area contributed by atoms with Gasteiger partial charge in [0.2, 0.25) is 0 Å². The van der Waals surface area contributed by atoms with Gasteiger partial charge >= 0.3 is 0 Å². The van der Waals surface area contributed by atoms with E-state index in [0.717, 1.165) is 6.54 Å². The lowest BCUT2D eigenvalue weighted by Crippen LogP contribution is -2.20. The summed E-state index contributed by atoms with van der Waals surface area (Å²) in [6.07, 6.45) is 8.48. The van der Waals surface area contributed by atoms with E-state index in [1.54, 1.807) is 5.56 Å². The molecule has 0 aliphatic heterocycles. The standard InChI is InChI=1S/C11H18N2/c1-3-13-7-9-5-4-6-11(12-2)10(9)8-13/h7-8,11-12H,3-6H2,1-2H3. The summed E-state index contributed by atoms with van der Waals surface area (Å²) in [6.45, 7) is 3.28. The molecule has 1 unspecified atom stereocenters. The van der Waals surface area contributed by atoms with Crippen molar-refractivity contribution in [2.75, 3.05) is 7.05 Å². The Morgan fingerprint density at radius 1 is 1.54 bits per heavy atom. The van der Waals surface area contributed by atoms with Crippen LogP contribution in [0.1, 0.15) is 36.9 Å². The fourth-order valence-electron chi connectivity index (χ4n) is 2.23. The Balaban J connectivity index is 2.32. The summed E-state index contributed by atoms with van der Waals surface area (Å²) < 4.78 is 2.29. The molecular weight excluding hydrogens is 160 g/mol. The van der Waals surface area contributed by atoms with Crippen molar-refractivity contribution in [2.24, 2.45) is 0 Å². The van der Waals surface area contributed by atoms with Gasteiger partial charge in [-0.15, -0.1) is 0 Å². The minimum absolute atomic E-state index is 0.594. The highest BCUT2D eigenvalue weighted by atomic mass is 15.0. The van der Waals surface area contributed by atoms with Crippen LogP contribution in [0, 0.1) is 0 Å². The number of nitrogens with zero attached hydrogens (tertiary/aromatic N) is 1. The molecule has 2 rings (SSSR count). The van der Waals surface area contributed by atoms with Gasteiger partial charge in [0.25, 0.3) is 0 Å². The van der Waals surface area contributed by atoms with E-state index in [2.05, 4.69) is 36.2 Å². The number of rotatable bonds is 2. The molecule has 1 aromatic rings. The van der Waals surface area contributed by atoms with Crippen LogP contribution in [-0.2, 0) is 13.0 Å². The van der Waals surface area contributed by atoms with Crippen LogP contribution < -0.4 is 5.32 Å². The topological polar surface area (TPSA) is 17.0 Å². The van der Waals surface area contributed by atoms with E-state index in [1.165, 1.54) is 24.8 Å². The van der Waals surface area contributed by atoms with Crippen LogP contribution in [-0.4, -0.2) is 11.6 Å². The van der Waals surface area contributed by atoms with E-state index in [4.69, 9.17) is 0 Å². The van der Waals surface area contributed by atoms with Crippen molar-refractivity contribution in [1.29, 1.82) is 0 Å². The molecule has 1 atom stereocenters. The van der Waals surface area contributed by atoms with Gasteiger partial charge in [-0.1, -0.05) is 0 Å². The Bertz CT molecular complexity index is 288. The number of aromatic nitrogens is 1. The zero-order chi connectivity index (χ0) is 9.26. The molecule has 13 heavy (non-hydrogen) atoms. The van der Waals surface area contributed by atoms with Gasteiger partial charge in [-0.3, -0.25) is 0 Å². The van der Waals surface area contributed by atoms with Crippen molar-refractivity contribution < 1.29 is 0 Å². The monoisotopic (exact) mass is 178 g/mol. The maximum Gasteiger partial charge on any atom is 0.0335 e. The van der Waals surface area contributed by atoms with Crippen molar-refractivity contribution in [3.8, 4) is 0 Å². The van der Waals surface area contributed by atoms with E-state index in [0.29, 0.717) is 6.04 Å². The maximum atomic E-state index is 3.38. The molecule has 0 spiro atoms. The predicted octanol–water partition coefficient (Wildman–Crippen LogP) is 2.10. The van der Waals surface area contributed by atoms with E-state index >= 15 is 0 Å². The van der Waals surface area contributed by atoms with E-state index in [9.17, 15) is 0 Å². The lowest BCUT2D eigenvalue weighted by atomic mass is 9.91. The summed E-state index contributed by atoms with van der Waals surface area (Å²) in [7, 11) is 2.06. The lowest BCUT2D eigenvalue weighted by molar-refractivity contribution is 0.498. The van der Waals surface area contributed by atoms with E-state index < -0.39 is 0 Å². The normalized spacial score (nSPS) is 21.5. The van der Waals surface area contributed by atoms with Gasteiger partial charge in [-0.25, -0.2) is 0 Å². The number of fused-ring (bicyclic) bond motifs is 1. The molecule has 72 valence electrons. The Morgan fingerprint density at radius 3 is 3.08 bits per heavy atom. The number of hydrogen-bond acceptors (Lipinski definition) is 1. The molecule has 2 nitrogen and oxygen atoms in total. The summed E-state index contributed by atoms with van der Waals surface area (Å²) in [5.74, 6) is 0. The van der Waals surface area contributed by atoms with Crippen molar-refractivity contribution in [1.82, 2.24) is 9.88 Å². The van der Waals surface area contributed by atoms with Crippen LogP contribution in [0.4, 0.5) is 0 Å². The third kappa shape index (κ3) is 1.51. The van der Waals surface area contributed by atoms with Crippen molar-refractivity contribution in [2.45, 2.75) is 38.8 Å². The average Bonchev–Trinajstić information content (AvgIpc) is 2.59. The van der Waals surface area contributed by atoms with Gasteiger partial charge in [0.05, 0.1) is 0 Å². The molecule has 0 bridgehead atoms. The molecule has 0 fully saturated rings. The molecule has 1 aromatic heterocycles. The molecule has 0 amide bonds. The molecule has 0 radical (unpaired) electrons. The van der Waals surface area contributed by atoms with Gasteiger partial charge in [0.1, 0.15) is 0 Å². The smallest absolute Gasteiger partial charge is 0.0335 e. The Hall–Kier alpha value is -0.760. The van der Waals surface area contributed by atoms with Crippen LogP contribution in [0.25, 0.3) is 0 Å². The summed E-state index contributed by atoms with van der Waals surface area (Å²) in [5.41, 5.74) is 3.07. The van der Waals surface area contributed by atoms with Crippen molar-refractivity contribution in [3.05, 3.63) is 23.5 Å². The largest absolute Gasteiger partial charge is 0.354 e. The first-order valence-electron chi connectivity index (χ1n) is 5.21. The van der Waals surface area contributed by atoms with Gasteiger partial charge in [0, 0.05) is 25.0 Å². The summed E-state index contributed by atoms with van der Waals surface area (Å²) >= 11 is 0. The minimum Gasteiger partial charge on any atom is -0.354 e. The third-order valence-electron chi connectivity index (χ3n) is 3.03. The second-order valence-corrected chi connectivity index (χ2v) is 3.80. The second-order valence-electron chi connectivity index (χ2n) is 3.80. The van der Waals surface area contributed by atoms with E-state index in [-0.39, 0.29) is 0 Å². The fourth-order valence-corrected chi connectivity index (χ4v) is 2.23. The molecule has 0 aromatic carbocycles. The SMILES string of the molecule is CCn1cc2c(c1)C(NC)CCC2. The highest BCUT2D eigenvalue weighted by Gasteiger charge is 2.19. The molecule has 0 saturated heterocycles. The van der Waals surface area contributed by atoms with Gasteiger partial charge in [0.15, 0.2) is 0 Å². The number of hydrogen-bond donors (Lipinski definition) is 1. The van der Waals surface area contributed by atoms with Crippen molar-refractivity contribution >= 4 is 0 Å². The summed E-state index contributed by atoms with van der Waals surface area (Å²) in [5, 5.41) is 3.38. The molecule has 1 heterocycles. The molecule has 2 heteroatoms. The summed E-state index contributed by atoms with van der Waals surface area (Å²) in [6, 6.07) is 0.594. The quantitative estimate of drug-likeness (QED) is 0.734.